The van der Waals surface area contributed by atoms with Crippen LogP contribution in [0.4, 0.5) is 5.13 Å². The monoisotopic (exact) mass is 467 g/mol. The number of nitrogens with two attached hydrogens (primary N) is 1. The van der Waals surface area contributed by atoms with E-state index < -0.39 is 28.2 Å². The van der Waals surface area contributed by atoms with Gasteiger partial charge in [-0.2, -0.15) is 0 Å². The number of hydrogen-bond acceptors (Lipinski definition) is 10. The van der Waals surface area contributed by atoms with Crippen LogP contribution in [0.5, 0.6) is 0 Å². The molecule has 1 aromatic rings. The molecule has 0 aromatic carbocycles. The van der Waals surface area contributed by atoms with Gasteiger partial charge in [-0.25, -0.2) is 4.98 Å². The van der Waals surface area contributed by atoms with Gasteiger partial charge in [-0.1, -0.05) is 5.16 Å². The predicted molar refractivity (Wildman–Crippen MR) is 118 cm³/mol. The molecule has 1 fully saturated rings. The van der Waals surface area contributed by atoms with E-state index in [0.717, 1.165) is 16.9 Å². The van der Waals surface area contributed by atoms with Crippen LogP contribution in [-0.2, 0) is 24.0 Å². The summed E-state index contributed by atoms with van der Waals surface area (Å²) in [5.41, 5.74) is 4.60. The van der Waals surface area contributed by atoms with Crippen LogP contribution in [0.3, 0.4) is 0 Å². The van der Waals surface area contributed by atoms with E-state index in [4.69, 9.17) is 15.3 Å². The van der Waals surface area contributed by atoms with Crippen molar-refractivity contribution >= 4 is 51.7 Å². The highest BCUT2D eigenvalue weighted by Crippen LogP contribution is 2.43. The average molecular weight is 468 g/mol. The van der Waals surface area contributed by atoms with Crippen molar-refractivity contribution in [1.29, 1.82) is 0 Å². The van der Waals surface area contributed by atoms with Crippen molar-refractivity contribution < 1.29 is 24.0 Å². The third kappa shape index (κ3) is 4.40. The molecule has 2 aliphatic rings. The summed E-state index contributed by atoms with van der Waals surface area (Å²) >= 11 is 2.63. The number of oxime groups is 1. The molecule has 0 radical (unpaired) electrons. The molecule has 0 aliphatic carbocycles. The fourth-order valence-electron chi connectivity index (χ4n) is 3.08. The quantitative estimate of drug-likeness (QED) is 0.277. The minimum atomic E-state index is -1.43. The number of carbonyl (C=O) groups excluding carboxylic acids is 3. The summed E-state index contributed by atoms with van der Waals surface area (Å²) < 4.78 is 5.47. The van der Waals surface area contributed by atoms with Gasteiger partial charge in [0.2, 0.25) is 0 Å². The number of nitrogens with zero attached hydrogens (tertiary/aromatic N) is 3. The molecule has 168 valence electrons. The Morgan fingerprint density at radius 1 is 1.45 bits per heavy atom. The zero-order valence-corrected chi connectivity index (χ0v) is 19.6. The van der Waals surface area contributed by atoms with Gasteiger partial charge < -0.3 is 25.5 Å². The van der Waals surface area contributed by atoms with Gasteiger partial charge in [0.25, 0.3) is 11.8 Å². The Balaban J connectivity index is 1.90. The number of rotatable bonds is 6. The van der Waals surface area contributed by atoms with E-state index in [1.165, 1.54) is 18.9 Å². The number of thiazole rings is 1. The molecule has 0 spiro atoms. The summed E-state index contributed by atoms with van der Waals surface area (Å²) in [4.78, 5) is 49.1. The molecule has 12 heteroatoms. The zero-order chi connectivity index (χ0) is 23.0. The largest absolute Gasteiger partial charge is 0.462 e. The lowest BCUT2D eigenvalue weighted by molar-refractivity contribution is -0.168. The number of β-lactam (4-membered cyclic amide) rings is 1. The average Bonchev–Trinajstić information content (AvgIpc) is 3.13. The van der Waals surface area contributed by atoms with Crippen LogP contribution in [0.1, 0.15) is 33.4 Å². The molecule has 10 nitrogen and oxygen atoms in total. The Kier molecular flexibility index (Phi) is 6.33. The van der Waals surface area contributed by atoms with Crippen molar-refractivity contribution in [3.8, 4) is 0 Å². The molecule has 1 unspecified atom stereocenters. The number of fused-ring (bicyclic) bond motifs is 1. The SMILES string of the molecule is CON=C(C(=O)NC1(COC(=O)C(C)(C)C)C(=O)N2C=C(C)CS[C@H]21)c1csc(N)n1. The molecule has 1 aromatic heterocycles. The third-order valence-electron chi connectivity index (χ3n) is 4.66. The summed E-state index contributed by atoms with van der Waals surface area (Å²) in [6.45, 7) is 6.77. The summed E-state index contributed by atoms with van der Waals surface area (Å²) in [6, 6.07) is 0. The number of aromatic nitrogens is 1. The van der Waals surface area contributed by atoms with Gasteiger partial charge in [0.05, 0.1) is 5.41 Å². The maximum atomic E-state index is 13.1. The number of nitrogen functional groups attached to an aromatic ring is 1. The fourth-order valence-corrected chi connectivity index (χ4v) is 4.95. The number of hydrogen-bond donors (Lipinski definition) is 2. The molecule has 1 saturated heterocycles. The Morgan fingerprint density at radius 2 is 2.16 bits per heavy atom. The van der Waals surface area contributed by atoms with Crippen LogP contribution in [0.2, 0.25) is 0 Å². The van der Waals surface area contributed by atoms with E-state index in [2.05, 4.69) is 15.5 Å². The maximum absolute atomic E-state index is 13.1. The van der Waals surface area contributed by atoms with Crippen LogP contribution in [0, 0.1) is 5.41 Å². The van der Waals surface area contributed by atoms with Gasteiger partial charge in [0.1, 0.15) is 24.8 Å². The van der Waals surface area contributed by atoms with Gasteiger partial charge in [-0.15, -0.1) is 23.1 Å². The second-order valence-electron chi connectivity index (χ2n) is 8.30. The molecule has 3 N–H and O–H groups in total. The first-order valence-electron chi connectivity index (χ1n) is 9.43. The summed E-state index contributed by atoms with van der Waals surface area (Å²) in [5, 5.41) is 7.91. The Morgan fingerprint density at radius 3 is 2.74 bits per heavy atom. The van der Waals surface area contributed by atoms with Crippen LogP contribution in [-0.4, -0.2) is 63.8 Å². The van der Waals surface area contributed by atoms with Crippen molar-refractivity contribution in [3.05, 3.63) is 22.8 Å². The van der Waals surface area contributed by atoms with Crippen LogP contribution >= 0.6 is 23.1 Å². The molecular formula is C19H25N5O5S2. The summed E-state index contributed by atoms with van der Waals surface area (Å²) in [5.74, 6) is -0.841. The normalized spacial score (nSPS) is 23.5. The number of ether oxygens (including phenoxy) is 1. The molecule has 2 atom stereocenters. The highest BCUT2D eigenvalue weighted by Gasteiger charge is 2.63. The van der Waals surface area contributed by atoms with E-state index >= 15 is 0 Å². The van der Waals surface area contributed by atoms with Crippen molar-refractivity contribution in [2.24, 2.45) is 10.6 Å². The van der Waals surface area contributed by atoms with Crippen LogP contribution in [0.15, 0.2) is 22.3 Å². The zero-order valence-electron chi connectivity index (χ0n) is 17.9. The number of amides is 2. The highest BCUT2D eigenvalue weighted by molar-refractivity contribution is 8.00. The Hall–Kier alpha value is -2.60. The fraction of sp³-hybridized carbons (Fsp3) is 0.526. The first kappa shape index (κ1) is 23.1. The number of anilines is 1. The molecule has 3 rings (SSSR count). The van der Waals surface area contributed by atoms with E-state index in [-0.39, 0.29) is 29.1 Å². The Bertz CT molecular complexity index is 967. The minimum absolute atomic E-state index is 0.129. The number of carbonyl (C=O) groups is 3. The second kappa shape index (κ2) is 8.50. The smallest absolute Gasteiger partial charge is 0.311 e. The lowest BCUT2D eigenvalue weighted by Gasteiger charge is -2.55. The Labute approximate surface area is 188 Å². The van der Waals surface area contributed by atoms with E-state index in [1.807, 2.05) is 6.92 Å². The van der Waals surface area contributed by atoms with Gasteiger partial charge in [0, 0.05) is 17.3 Å². The molecule has 31 heavy (non-hydrogen) atoms. The van der Waals surface area contributed by atoms with Gasteiger partial charge in [0.15, 0.2) is 16.4 Å². The molecule has 0 saturated carbocycles. The molecule has 0 bridgehead atoms. The first-order valence-corrected chi connectivity index (χ1v) is 11.4. The molecule has 2 amide bonds. The topological polar surface area (TPSA) is 136 Å². The van der Waals surface area contributed by atoms with Crippen molar-refractivity contribution in [3.63, 3.8) is 0 Å². The van der Waals surface area contributed by atoms with Gasteiger partial charge in [-0.05, 0) is 33.3 Å². The lowest BCUT2D eigenvalue weighted by Crippen LogP contribution is -2.80. The number of thioether (sulfide) groups is 1. The van der Waals surface area contributed by atoms with Crippen molar-refractivity contribution in [2.45, 2.75) is 38.6 Å². The van der Waals surface area contributed by atoms with Gasteiger partial charge >= 0.3 is 5.97 Å². The minimum Gasteiger partial charge on any atom is -0.462 e. The highest BCUT2D eigenvalue weighted by atomic mass is 32.2. The number of esters is 1. The predicted octanol–water partition coefficient (Wildman–Crippen LogP) is 1.34. The second-order valence-corrected chi connectivity index (χ2v) is 10.3. The van der Waals surface area contributed by atoms with Crippen molar-refractivity contribution in [1.82, 2.24) is 15.2 Å². The van der Waals surface area contributed by atoms with E-state index in [0.29, 0.717) is 5.75 Å². The van der Waals surface area contributed by atoms with Crippen LogP contribution in [0.25, 0.3) is 0 Å². The summed E-state index contributed by atoms with van der Waals surface area (Å²) in [7, 11) is 1.30. The molecular weight excluding hydrogens is 442 g/mol. The summed E-state index contributed by atoms with van der Waals surface area (Å²) in [6.07, 6.45) is 1.75. The van der Waals surface area contributed by atoms with Crippen LogP contribution < -0.4 is 11.1 Å². The van der Waals surface area contributed by atoms with Gasteiger partial charge in [-0.3, -0.25) is 14.4 Å². The van der Waals surface area contributed by atoms with Crippen molar-refractivity contribution in [2.75, 3.05) is 25.2 Å². The standard InChI is InChI=1S/C19H25N5O5S2/c1-10-6-24-14(26)19(15(24)30-7-10,9-29-16(27)18(2,3)4)22-13(25)12(23-28-5)11-8-31-17(20)21-11/h6,8,15H,7,9H2,1-5H3,(H2,20,21)(H,22,25)/t15-,19?/m0/s1. The van der Waals surface area contributed by atoms with E-state index in [1.54, 1.807) is 37.3 Å². The molecule has 2 aliphatic heterocycles. The molecule has 3 heterocycles. The lowest BCUT2D eigenvalue weighted by atomic mass is 9.87. The first-order chi connectivity index (χ1) is 14.5. The third-order valence-corrected chi connectivity index (χ3v) is 6.90. The number of nitrogens with one attached hydrogen (secondary N) is 1. The maximum Gasteiger partial charge on any atom is 0.311 e. The van der Waals surface area contributed by atoms with E-state index in [9.17, 15) is 14.4 Å².